The van der Waals surface area contributed by atoms with Gasteiger partial charge in [-0.15, -0.1) is 0 Å². The quantitative estimate of drug-likeness (QED) is 0.728. The summed E-state index contributed by atoms with van der Waals surface area (Å²) in [6.45, 7) is 3.20. The van der Waals surface area contributed by atoms with Crippen LogP contribution in [0.15, 0.2) is 0 Å². The number of thioether (sulfide) groups is 1. The summed E-state index contributed by atoms with van der Waals surface area (Å²) in [5, 5.41) is 3.24. The Balaban J connectivity index is 1.82. The molecule has 2 saturated heterocycles. The Labute approximate surface area is 100 Å². The molecule has 1 N–H and O–H groups in total. The maximum Gasteiger partial charge on any atom is 0.246 e. The van der Waals surface area contributed by atoms with E-state index >= 15 is 0 Å². The van der Waals surface area contributed by atoms with E-state index in [9.17, 15) is 9.59 Å². The summed E-state index contributed by atoms with van der Waals surface area (Å²) in [7, 11) is 0. The van der Waals surface area contributed by atoms with Gasteiger partial charge in [-0.05, 0) is 37.3 Å². The van der Waals surface area contributed by atoms with E-state index in [1.165, 1.54) is 22.8 Å². The number of carbonyl (C=O) groups is 2. The minimum Gasteiger partial charge on any atom is -0.305 e. The molecule has 90 valence electrons. The van der Waals surface area contributed by atoms with Crippen molar-refractivity contribution in [3.8, 4) is 0 Å². The Morgan fingerprint density at radius 3 is 2.88 bits per heavy atom. The number of nitrogens with zero attached hydrogens (tertiary/aromatic N) is 1. The number of amides is 2. The van der Waals surface area contributed by atoms with Crippen LogP contribution in [-0.2, 0) is 9.59 Å². The van der Waals surface area contributed by atoms with Crippen LogP contribution in [0, 0.1) is 5.92 Å². The predicted molar refractivity (Wildman–Crippen MR) is 64.2 cm³/mol. The Morgan fingerprint density at radius 2 is 2.31 bits per heavy atom. The first-order chi connectivity index (χ1) is 7.72. The highest BCUT2D eigenvalue weighted by molar-refractivity contribution is 7.99. The summed E-state index contributed by atoms with van der Waals surface area (Å²) < 4.78 is 0. The van der Waals surface area contributed by atoms with Crippen LogP contribution < -0.4 is 5.32 Å². The number of nitrogens with one attached hydrogen (secondary N) is 1. The molecule has 2 rings (SSSR count). The van der Waals surface area contributed by atoms with E-state index in [1.54, 1.807) is 0 Å². The smallest absolute Gasteiger partial charge is 0.246 e. The third-order valence-electron chi connectivity index (χ3n) is 3.24. The molecule has 2 amide bonds. The van der Waals surface area contributed by atoms with E-state index in [-0.39, 0.29) is 17.9 Å². The van der Waals surface area contributed by atoms with Gasteiger partial charge in [0.2, 0.25) is 11.8 Å². The normalized spacial score (nSPS) is 30.4. The third kappa shape index (κ3) is 2.40. The second kappa shape index (κ2) is 5.19. The average molecular weight is 242 g/mol. The van der Waals surface area contributed by atoms with Gasteiger partial charge < -0.3 is 5.32 Å². The lowest BCUT2D eigenvalue weighted by Crippen LogP contribution is -2.40. The van der Waals surface area contributed by atoms with Crippen molar-refractivity contribution in [2.24, 2.45) is 5.92 Å². The fraction of sp³-hybridized carbons (Fsp3) is 0.818. The molecule has 4 nitrogen and oxygen atoms in total. The number of carbonyl (C=O) groups excluding carboxylic acids is 2. The van der Waals surface area contributed by atoms with Gasteiger partial charge in [-0.3, -0.25) is 14.5 Å². The molecule has 2 fully saturated rings. The zero-order valence-corrected chi connectivity index (χ0v) is 10.4. The first kappa shape index (κ1) is 11.9. The molecule has 0 radical (unpaired) electrons. The Kier molecular flexibility index (Phi) is 3.86. The van der Waals surface area contributed by atoms with Crippen LogP contribution in [0.4, 0.5) is 0 Å². The van der Waals surface area contributed by atoms with Gasteiger partial charge in [0.25, 0.3) is 0 Å². The van der Waals surface area contributed by atoms with Crippen molar-refractivity contribution in [1.29, 1.82) is 0 Å². The van der Waals surface area contributed by atoms with Crippen LogP contribution in [0.25, 0.3) is 0 Å². The maximum atomic E-state index is 11.8. The zero-order chi connectivity index (χ0) is 11.5. The highest BCUT2D eigenvalue weighted by Crippen LogP contribution is 2.23. The lowest BCUT2D eigenvalue weighted by atomic mass is 10.1. The number of likely N-dealkylation sites (N-methyl/N-ethyl adjacent to an activating group) is 1. The molecule has 2 atom stereocenters. The highest BCUT2D eigenvalue weighted by Gasteiger charge is 2.37. The summed E-state index contributed by atoms with van der Waals surface area (Å²) in [6.07, 6.45) is 1.57. The molecule has 0 aliphatic carbocycles. The second-order valence-corrected chi connectivity index (χ2v) is 5.52. The fourth-order valence-electron chi connectivity index (χ4n) is 2.23. The van der Waals surface area contributed by atoms with E-state index in [0.717, 1.165) is 6.54 Å². The molecule has 0 spiro atoms. The Bertz CT molecular complexity index is 290. The van der Waals surface area contributed by atoms with Gasteiger partial charge in [0.15, 0.2) is 0 Å². The Hall–Kier alpha value is -0.550. The monoisotopic (exact) mass is 242 g/mol. The molecule has 2 aliphatic rings. The topological polar surface area (TPSA) is 49.4 Å². The molecule has 0 aromatic carbocycles. The average Bonchev–Trinajstić information content (AvgIpc) is 2.85. The number of rotatable bonds is 4. The van der Waals surface area contributed by atoms with Gasteiger partial charge >= 0.3 is 0 Å². The highest BCUT2D eigenvalue weighted by atomic mass is 32.2. The first-order valence-electron chi connectivity index (χ1n) is 5.87. The number of likely N-dealkylation sites (tertiary alicyclic amines) is 1. The molecule has 2 heterocycles. The molecule has 2 unspecified atom stereocenters. The summed E-state index contributed by atoms with van der Waals surface area (Å²) in [4.78, 5) is 24.6. The van der Waals surface area contributed by atoms with Gasteiger partial charge in [0.05, 0.1) is 12.5 Å². The number of hydrogen-bond acceptors (Lipinski definition) is 4. The predicted octanol–water partition coefficient (Wildman–Crippen LogP) is 0.477. The van der Waals surface area contributed by atoms with E-state index in [2.05, 4.69) is 5.32 Å². The van der Waals surface area contributed by atoms with Crippen LogP contribution in [0.1, 0.15) is 19.8 Å². The standard InChI is InChI=1S/C11H18N2O2S/c1-2-13-10(14)5-9(11(13)15)12-6-8-3-4-16-7-8/h8-9,12H,2-7H2,1H3. The van der Waals surface area contributed by atoms with Crippen molar-refractivity contribution >= 4 is 23.6 Å². The molecule has 16 heavy (non-hydrogen) atoms. The van der Waals surface area contributed by atoms with Crippen molar-refractivity contribution < 1.29 is 9.59 Å². The largest absolute Gasteiger partial charge is 0.305 e. The third-order valence-corrected chi connectivity index (χ3v) is 4.47. The molecular weight excluding hydrogens is 224 g/mol. The lowest BCUT2D eigenvalue weighted by Gasteiger charge is -2.15. The van der Waals surface area contributed by atoms with Crippen molar-refractivity contribution in [1.82, 2.24) is 10.2 Å². The Morgan fingerprint density at radius 1 is 1.50 bits per heavy atom. The van der Waals surface area contributed by atoms with Crippen molar-refractivity contribution in [3.63, 3.8) is 0 Å². The van der Waals surface area contributed by atoms with Gasteiger partial charge in [-0.1, -0.05) is 0 Å². The van der Waals surface area contributed by atoms with E-state index in [1.807, 2.05) is 18.7 Å². The van der Waals surface area contributed by atoms with Crippen LogP contribution in [0.2, 0.25) is 0 Å². The van der Waals surface area contributed by atoms with Crippen molar-refractivity contribution in [3.05, 3.63) is 0 Å². The van der Waals surface area contributed by atoms with Crippen molar-refractivity contribution in [2.45, 2.75) is 25.8 Å². The molecule has 0 bridgehead atoms. The lowest BCUT2D eigenvalue weighted by molar-refractivity contribution is -0.138. The van der Waals surface area contributed by atoms with Gasteiger partial charge in [-0.2, -0.15) is 11.8 Å². The molecule has 0 aromatic rings. The molecule has 0 aromatic heterocycles. The van der Waals surface area contributed by atoms with E-state index in [4.69, 9.17) is 0 Å². The summed E-state index contributed by atoms with van der Waals surface area (Å²) in [5.41, 5.74) is 0. The van der Waals surface area contributed by atoms with Crippen LogP contribution >= 0.6 is 11.8 Å². The minimum atomic E-state index is -0.266. The number of hydrogen-bond donors (Lipinski definition) is 1. The van der Waals surface area contributed by atoms with Crippen LogP contribution in [-0.4, -0.2) is 47.4 Å². The number of imide groups is 1. The molecule has 5 heteroatoms. The zero-order valence-electron chi connectivity index (χ0n) is 9.57. The fourth-order valence-corrected chi connectivity index (χ4v) is 3.51. The van der Waals surface area contributed by atoms with Crippen LogP contribution in [0.5, 0.6) is 0 Å². The van der Waals surface area contributed by atoms with E-state index < -0.39 is 0 Å². The summed E-state index contributed by atoms with van der Waals surface area (Å²) >= 11 is 1.97. The van der Waals surface area contributed by atoms with Gasteiger partial charge in [0, 0.05) is 6.54 Å². The van der Waals surface area contributed by atoms with Gasteiger partial charge in [0.1, 0.15) is 0 Å². The molecule has 2 aliphatic heterocycles. The SMILES string of the molecule is CCN1C(=O)CC(NCC2CCSC2)C1=O. The molecule has 0 saturated carbocycles. The molecular formula is C11H18N2O2S. The first-order valence-corrected chi connectivity index (χ1v) is 7.03. The van der Waals surface area contributed by atoms with E-state index in [0.29, 0.717) is 18.9 Å². The summed E-state index contributed by atoms with van der Waals surface area (Å²) in [5.74, 6) is 3.00. The maximum absolute atomic E-state index is 11.8. The van der Waals surface area contributed by atoms with Crippen molar-refractivity contribution in [2.75, 3.05) is 24.6 Å². The minimum absolute atomic E-state index is 0.0363. The second-order valence-electron chi connectivity index (χ2n) is 4.37. The van der Waals surface area contributed by atoms with Gasteiger partial charge in [-0.25, -0.2) is 0 Å². The summed E-state index contributed by atoms with van der Waals surface area (Å²) in [6, 6.07) is -0.266. The van der Waals surface area contributed by atoms with Crippen LogP contribution in [0.3, 0.4) is 0 Å².